The second kappa shape index (κ2) is 4.65. The fraction of sp³-hybridized carbons (Fsp3) is 0.538. The summed E-state index contributed by atoms with van der Waals surface area (Å²) in [6.45, 7) is 1.84. The Morgan fingerprint density at radius 2 is 2.22 bits per heavy atom. The lowest BCUT2D eigenvalue weighted by Crippen LogP contribution is -2.21. The molecule has 0 aliphatic carbocycles. The Bertz CT molecular complexity index is 458. The van der Waals surface area contributed by atoms with E-state index in [1.165, 1.54) is 7.11 Å². The van der Waals surface area contributed by atoms with Gasteiger partial charge in [0.25, 0.3) is 0 Å². The molecular weight excluding hydrogens is 237 g/mol. The first-order chi connectivity index (χ1) is 8.81. The highest BCUT2D eigenvalue weighted by molar-refractivity contribution is 5.55. The molecule has 2 aliphatic heterocycles. The third kappa shape index (κ3) is 1.79. The van der Waals surface area contributed by atoms with Crippen molar-refractivity contribution >= 4 is 0 Å². The number of hydrogen-bond acceptors (Lipinski definition) is 4. The molecule has 4 nitrogen and oxygen atoms in total. The maximum atomic E-state index is 14.4. The minimum Gasteiger partial charge on any atom is -0.494 e. The number of hydrogen-bond donors (Lipinski definition) is 1. The largest absolute Gasteiger partial charge is 0.494 e. The van der Waals surface area contributed by atoms with Gasteiger partial charge < -0.3 is 19.5 Å². The Kier molecular flexibility index (Phi) is 2.99. The quantitative estimate of drug-likeness (QED) is 0.875. The highest BCUT2D eigenvalue weighted by Gasteiger charge is 2.30. The van der Waals surface area contributed by atoms with Crippen LogP contribution in [0.2, 0.25) is 0 Å². The molecule has 3 rings (SSSR count). The standard InChI is InChI=1S/C13H16FNO3/c1-16-9-7-10-13(18-6-5-17-10)11(12(9)14)8-3-2-4-15-8/h7-8,15H,2-6H2,1H3. The number of fused-ring (bicyclic) bond motifs is 1. The Morgan fingerprint density at radius 1 is 1.39 bits per heavy atom. The van der Waals surface area contributed by atoms with Gasteiger partial charge in [-0.25, -0.2) is 4.39 Å². The third-order valence-corrected chi connectivity index (χ3v) is 3.40. The van der Waals surface area contributed by atoms with Gasteiger partial charge in [-0.05, 0) is 19.4 Å². The van der Waals surface area contributed by atoms with E-state index in [4.69, 9.17) is 14.2 Å². The maximum absolute atomic E-state index is 14.4. The molecule has 0 bridgehead atoms. The van der Waals surface area contributed by atoms with Gasteiger partial charge in [0.2, 0.25) is 0 Å². The molecule has 5 heteroatoms. The summed E-state index contributed by atoms with van der Waals surface area (Å²) in [4.78, 5) is 0. The van der Waals surface area contributed by atoms with Crippen LogP contribution in [-0.2, 0) is 0 Å². The molecule has 1 unspecified atom stereocenters. The van der Waals surface area contributed by atoms with Gasteiger partial charge in [-0.2, -0.15) is 0 Å². The summed E-state index contributed by atoms with van der Waals surface area (Å²) in [5, 5.41) is 3.28. The molecule has 1 saturated heterocycles. The van der Waals surface area contributed by atoms with Crippen molar-refractivity contribution in [2.45, 2.75) is 18.9 Å². The average Bonchev–Trinajstić information content (AvgIpc) is 2.91. The molecule has 1 N–H and O–H groups in total. The van der Waals surface area contributed by atoms with Crippen molar-refractivity contribution in [3.8, 4) is 17.2 Å². The Labute approximate surface area is 105 Å². The molecule has 2 heterocycles. The number of halogens is 1. The topological polar surface area (TPSA) is 39.7 Å². The van der Waals surface area contributed by atoms with Crippen molar-refractivity contribution in [2.24, 2.45) is 0 Å². The molecule has 0 saturated carbocycles. The second-order valence-electron chi connectivity index (χ2n) is 4.48. The number of nitrogens with one attached hydrogen (secondary N) is 1. The van der Waals surface area contributed by atoms with E-state index in [0.717, 1.165) is 19.4 Å². The van der Waals surface area contributed by atoms with E-state index in [2.05, 4.69) is 5.32 Å². The van der Waals surface area contributed by atoms with Gasteiger partial charge in [-0.1, -0.05) is 0 Å². The summed E-state index contributed by atoms with van der Waals surface area (Å²) < 4.78 is 30.6. The van der Waals surface area contributed by atoms with Crippen LogP contribution < -0.4 is 19.5 Å². The van der Waals surface area contributed by atoms with E-state index in [9.17, 15) is 4.39 Å². The van der Waals surface area contributed by atoms with Crippen molar-refractivity contribution in [1.29, 1.82) is 0 Å². The normalized spacial score (nSPS) is 22.0. The van der Waals surface area contributed by atoms with E-state index in [1.54, 1.807) is 6.07 Å². The molecule has 0 aromatic heterocycles. The van der Waals surface area contributed by atoms with Crippen LogP contribution >= 0.6 is 0 Å². The highest BCUT2D eigenvalue weighted by atomic mass is 19.1. The van der Waals surface area contributed by atoms with Crippen LogP contribution in [0, 0.1) is 5.82 Å². The Hall–Kier alpha value is -1.49. The summed E-state index contributed by atoms with van der Waals surface area (Å²) >= 11 is 0. The molecule has 1 fully saturated rings. The Balaban J connectivity index is 2.13. The summed E-state index contributed by atoms with van der Waals surface area (Å²) in [6, 6.07) is 1.54. The molecule has 98 valence electrons. The summed E-state index contributed by atoms with van der Waals surface area (Å²) in [5.41, 5.74) is 0.543. The first-order valence-electron chi connectivity index (χ1n) is 6.20. The zero-order valence-corrected chi connectivity index (χ0v) is 10.3. The van der Waals surface area contributed by atoms with Gasteiger partial charge >= 0.3 is 0 Å². The number of methoxy groups -OCH3 is 1. The van der Waals surface area contributed by atoms with Crippen molar-refractivity contribution in [1.82, 2.24) is 5.32 Å². The zero-order chi connectivity index (χ0) is 12.5. The van der Waals surface area contributed by atoms with E-state index < -0.39 is 0 Å². The molecule has 2 aliphatic rings. The monoisotopic (exact) mass is 253 g/mol. The van der Waals surface area contributed by atoms with Crippen LogP contribution in [0.4, 0.5) is 4.39 Å². The minimum atomic E-state index is -0.346. The van der Waals surface area contributed by atoms with Crippen LogP contribution in [0.15, 0.2) is 6.07 Å². The van der Waals surface area contributed by atoms with Crippen LogP contribution in [-0.4, -0.2) is 26.9 Å². The van der Waals surface area contributed by atoms with Crippen molar-refractivity contribution in [3.05, 3.63) is 17.4 Å². The number of ether oxygens (including phenoxy) is 3. The zero-order valence-electron chi connectivity index (χ0n) is 10.3. The van der Waals surface area contributed by atoms with Crippen LogP contribution in [0.5, 0.6) is 17.2 Å². The first kappa shape index (κ1) is 11.6. The van der Waals surface area contributed by atoms with E-state index in [0.29, 0.717) is 30.3 Å². The predicted molar refractivity (Wildman–Crippen MR) is 63.9 cm³/mol. The predicted octanol–water partition coefficient (Wildman–Crippen LogP) is 2.03. The van der Waals surface area contributed by atoms with Crippen LogP contribution in [0.25, 0.3) is 0 Å². The van der Waals surface area contributed by atoms with Gasteiger partial charge in [0.15, 0.2) is 23.1 Å². The molecule has 1 aromatic carbocycles. The highest BCUT2D eigenvalue weighted by Crippen LogP contribution is 2.44. The van der Waals surface area contributed by atoms with Gasteiger partial charge in [0.05, 0.1) is 12.7 Å². The van der Waals surface area contributed by atoms with Crippen molar-refractivity contribution < 1.29 is 18.6 Å². The summed E-state index contributed by atoms with van der Waals surface area (Å²) in [5.74, 6) is 0.964. The average molecular weight is 253 g/mol. The molecular formula is C13H16FNO3. The summed E-state index contributed by atoms with van der Waals surface area (Å²) in [6.07, 6.45) is 1.94. The summed E-state index contributed by atoms with van der Waals surface area (Å²) in [7, 11) is 1.46. The van der Waals surface area contributed by atoms with E-state index in [1.807, 2.05) is 0 Å². The van der Waals surface area contributed by atoms with Crippen molar-refractivity contribution in [2.75, 3.05) is 26.9 Å². The maximum Gasteiger partial charge on any atom is 0.173 e. The molecule has 0 spiro atoms. The van der Waals surface area contributed by atoms with Gasteiger partial charge in [0.1, 0.15) is 13.2 Å². The van der Waals surface area contributed by atoms with E-state index >= 15 is 0 Å². The first-order valence-corrected chi connectivity index (χ1v) is 6.20. The van der Waals surface area contributed by atoms with E-state index in [-0.39, 0.29) is 17.6 Å². The van der Waals surface area contributed by atoms with Crippen LogP contribution in [0.3, 0.4) is 0 Å². The minimum absolute atomic E-state index is 0.0180. The van der Waals surface area contributed by atoms with Gasteiger partial charge in [0, 0.05) is 12.1 Å². The molecule has 0 radical (unpaired) electrons. The third-order valence-electron chi connectivity index (χ3n) is 3.40. The molecule has 1 aromatic rings. The molecule has 18 heavy (non-hydrogen) atoms. The Morgan fingerprint density at radius 3 is 2.94 bits per heavy atom. The molecule has 1 atom stereocenters. The SMILES string of the molecule is COc1cc2c(c(C3CCCN3)c1F)OCCO2. The lowest BCUT2D eigenvalue weighted by Gasteiger charge is -2.25. The van der Waals surface area contributed by atoms with Crippen molar-refractivity contribution in [3.63, 3.8) is 0 Å². The lowest BCUT2D eigenvalue weighted by atomic mass is 10.0. The van der Waals surface area contributed by atoms with Gasteiger partial charge in [-0.15, -0.1) is 0 Å². The molecule has 0 amide bonds. The fourth-order valence-corrected chi connectivity index (χ4v) is 2.56. The smallest absolute Gasteiger partial charge is 0.173 e. The lowest BCUT2D eigenvalue weighted by molar-refractivity contribution is 0.166. The second-order valence-corrected chi connectivity index (χ2v) is 4.48. The van der Waals surface area contributed by atoms with Crippen LogP contribution in [0.1, 0.15) is 24.4 Å². The van der Waals surface area contributed by atoms with Gasteiger partial charge in [-0.3, -0.25) is 0 Å². The fourth-order valence-electron chi connectivity index (χ4n) is 2.56. The number of rotatable bonds is 2. The number of benzene rings is 1.